The monoisotopic (exact) mass is 574 g/mol. The number of carbonyl (C=O) groups is 3. The van der Waals surface area contributed by atoms with Crippen LogP contribution in [0.15, 0.2) is 65.6 Å². The summed E-state index contributed by atoms with van der Waals surface area (Å²) in [5.74, 6) is -0.647. The maximum absolute atomic E-state index is 13.3. The Morgan fingerprint density at radius 1 is 1.03 bits per heavy atom. The number of rotatable bonds is 9. The van der Waals surface area contributed by atoms with Crippen LogP contribution in [0.2, 0.25) is 10.0 Å². The average molecular weight is 575 g/mol. The summed E-state index contributed by atoms with van der Waals surface area (Å²) in [6.07, 6.45) is 1.57. The molecule has 0 radical (unpaired) electrons. The van der Waals surface area contributed by atoms with E-state index < -0.39 is 17.0 Å². The molecule has 3 amide bonds. The second-order valence-corrected chi connectivity index (χ2v) is 9.82. The van der Waals surface area contributed by atoms with Crippen LogP contribution in [-0.2, 0) is 16.1 Å². The van der Waals surface area contributed by atoms with Crippen LogP contribution >= 0.6 is 35.0 Å². The summed E-state index contributed by atoms with van der Waals surface area (Å²) in [5.41, 5.74) is 1.63. The summed E-state index contributed by atoms with van der Waals surface area (Å²) in [6.45, 7) is 1.81. The quantitative estimate of drug-likeness (QED) is 0.283. The molecule has 0 unspecified atom stereocenters. The molecule has 0 bridgehead atoms. The molecular weight excluding hydrogens is 554 g/mol. The fraction of sp³-hybridized carbons (Fsp3) is 0.148. The molecule has 1 aliphatic rings. The number of anilines is 1. The van der Waals surface area contributed by atoms with Crippen molar-refractivity contribution >= 4 is 63.8 Å². The number of amides is 3. The van der Waals surface area contributed by atoms with E-state index in [4.69, 9.17) is 32.7 Å². The molecule has 3 aromatic carbocycles. The molecule has 0 aliphatic carbocycles. The number of benzene rings is 3. The maximum atomic E-state index is 13.3. The van der Waals surface area contributed by atoms with E-state index in [1.807, 2.05) is 0 Å². The van der Waals surface area contributed by atoms with E-state index in [-0.39, 0.29) is 29.0 Å². The first kappa shape index (κ1) is 27.5. The van der Waals surface area contributed by atoms with Gasteiger partial charge in [-0.15, -0.1) is 0 Å². The summed E-state index contributed by atoms with van der Waals surface area (Å²) >= 11 is 12.7. The van der Waals surface area contributed by atoms with Crippen molar-refractivity contribution in [1.29, 1.82) is 0 Å². The third kappa shape index (κ3) is 6.86. The number of ether oxygens (including phenoxy) is 2. The molecule has 196 valence electrons. The van der Waals surface area contributed by atoms with Crippen LogP contribution in [-0.4, -0.2) is 35.2 Å². The predicted molar refractivity (Wildman–Crippen MR) is 146 cm³/mol. The van der Waals surface area contributed by atoms with Gasteiger partial charge in [-0.05, 0) is 84.4 Å². The summed E-state index contributed by atoms with van der Waals surface area (Å²) in [7, 11) is 0. The van der Waals surface area contributed by atoms with Crippen LogP contribution in [0.5, 0.6) is 11.5 Å². The minimum atomic E-state index is -0.507. The summed E-state index contributed by atoms with van der Waals surface area (Å²) < 4.78 is 24.7. The van der Waals surface area contributed by atoms with Crippen LogP contribution in [0, 0.1) is 5.82 Å². The van der Waals surface area contributed by atoms with Crippen molar-refractivity contribution in [2.45, 2.75) is 13.5 Å². The van der Waals surface area contributed by atoms with Gasteiger partial charge in [0.1, 0.15) is 5.82 Å². The Morgan fingerprint density at radius 3 is 2.50 bits per heavy atom. The molecule has 1 aliphatic heterocycles. The van der Waals surface area contributed by atoms with E-state index in [0.717, 1.165) is 22.7 Å². The van der Waals surface area contributed by atoms with Crippen molar-refractivity contribution < 1.29 is 28.2 Å². The van der Waals surface area contributed by atoms with Gasteiger partial charge < -0.3 is 14.8 Å². The second kappa shape index (κ2) is 12.3. The highest BCUT2D eigenvalue weighted by Crippen LogP contribution is 2.36. The number of nitrogens with one attached hydrogen (secondary N) is 1. The zero-order valence-electron chi connectivity index (χ0n) is 20.0. The predicted octanol–water partition coefficient (Wildman–Crippen LogP) is 6.79. The zero-order valence-corrected chi connectivity index (χ0v) is 22.3. The van der Waals surface area contributed by atoms with E-state index in [9.17, 15) is 18.8 Å². The van der Waals surface area contributed by atoms with Gasteiger partial charge in [-0.2, -0.15) is 0 Å². The minimum absolute atomic E-state index is 0.0732. The van der Waals surface area contributed by atoms with Gasteiger partial charge >= 0.3 is 0 Å². The van der Waals surface area contributed by atoms with Gasteiger partial charge in [0.05, 0.1) is 18.1 Å². The lowest BCUT2D eigenvalue weighted by atomic mass is 10.1. The van der Waals surface area contributed by atoms with Crippen molar-refractivity contribution in [1.82, 2.24) is 4.90 Å². The Morgan fingerprint density at radius 2 is 1.79 bits per heavy atom. The van der Waals surface area contributed by atoms with E-state index in [2.05, 4.69) is 5.32 Å². The molecule has 0 spiro atoms. The van der Waals surface area contributed by atoms with Gasteiger partial charge in [-0.1, -0.05) is 35.3 Å². The lowest BCUT2D eigenvalue weighted by Gasteiger charge is -2.14. The van der Waals surface area contributed by atoms with Crippen molar-refractivity contribution in [3.63, 3.8) is 0 Å². The largest absolute Gasteiger partial charge is 0.490 e. The molecule has 1 saturated heterocycles. The molecule has 1 N–H and O–H groups in total. The smallest absolute Gasteiger partial charge is 0.293 e. The highest BCUT2D eigenvalue weighted by atomic mass is 35.5. The molecule has 38 heavy (non-hydrogen) atoms. The lowest BCUT2D eigenvalue weighted by Crippen LogP contribution is -2.27. The SMILES string of the molecule is CCOc1cc(/C=C2\SC(=O)N(Cc3ccc(F)cc3Cl)C2=O)ccc1OCC(=O)Nc1ccc(Cl)cc1. The van der Waals surface area contributed by atoms with Crippen LogP contribution < -0.4 is 14.8 Å². The van der Waals surface area contributed by atoms with Gasteiger partial charge in [0.15, 0.2) is 18.1 Å². The summed E-state index contributed by atoms with van der Waals surface area (Å²) in [5, 5.41) is 2.94. The van der Waals surface area contributed by atoms with Gasteiger partial charge in [0.25, 0.3) is 17.1 Å². The highest BCUT2D eigenvalue weighted by molar-refractivity contribution is 8.18. The number of thioether (sulfide) groups is 1. The third-order valence-electron chi connectivity index (χ3n) is 5.27. The minimum Gasteiger partial charge on any atom is -0.490 e. The molecule has 7 nitrogen and oxygen atoms in total. The van der Waals surface area contributed by atoms with Gasteiger partial charge in [0, 0.05) is 15.7 Å². The lowest BCUT2D eigenvalue weighted by molar-refractivity contribution is -0.123. The van der Waals surface area contributed by atoms with E-state index in [0.29, 0.717) is 39.9 Å². The number of nitrogens with zero attached hydrogens (tertiary/aromatic N) is 1. The molecule has 1 heterocycles. The number of carbonyl (C=O) groups excluding carboxylic acids is 3. The molecule has 1 fully saturated rings. The third-order valence-corrected chi connectivity index (χ3v) is 6.78. The summed E-state index contributed by atoms with van der Waals surface area (Å²) in [4.78, 5) is 39.0. The van der Waals surface area contributed by atoms with Crippen LogP contribution in [0.3, 0.4) is 0 Å². The van der Waals surface area contributed by atoms with Crippen LogP contribution in [0.4, 0.5) is 14.9 Å². The molecule has 0 aromatic heterocycles. The molecule has 3 aromatic rings. The van der Waals surface area contributed by atoms with E-state index in [1.54, 1.807) is 55.5 Å². The highest BCUT2D eigenvalue weighted by Gasteiger charge is 2.35. The standard InChI is InChI=1S/C27H21Cl2FN2O5S/c1-2-36-23-11-16(3-10-22(23)37-15-25(33)31-20-8-5-18(28)6-9-20)12-24-26(34)32(27(35)38-24)14-17-4-7-19(30)13-21(17)29/h3-13H,2,14-15H2,1H3,(H,31,33)/b24-12-. The van der Waals surface area contributed by atoms with Crippen LogP contribution in [0.25, 0.3) is 6.08 Å². The first-order valence-corrected chi connectivity index (χ1v) is 12.9. The summed E-state index contributed by atoms with van der Waals surface area (Å²) in [6, 6.07) is 15.4. The number of hydrogen-bond acceptors (Lipinski definition) is 6. The van der Waals surface area contributed by atoms with Gasteiger partial charge in [0.2, 0.25) is 0 Å². The Labute approximate surface area is 232 Å². The van der Waals surface area contributed by atoms with Crippen molar-refractivity contribution in [3.05, 3.63) is 92.6 Å². The van der Waals surface area contributed by atoms with Crippen LogP contribution in [0.1, 0.15) is 18.1 Å². The fourth-order valence-electron chi connectivity index (χ4n) is 3.48. The number of hydrogen-bond donors (Lipinski definition) is 1. The molecule has 4 rings (SSSR count). The zero-order chi connectivity index (χ0) is 27.2. The van der Waals surface area contributed by atoms with E-state index >= 15 is 0 Å². The molecule has 11 heteroatoms. The topological polar surface area (TPSA) is 84.9 Å². The Kier molecular flexibility index (Phi) is 8.93. The average Bonchev–Trinajstić information content (AvgIpc) is 3.14. The molecule has 0 saturated carbocycles. The van der Waals surface area contributed by atoms with Crippen molar-refractivity contribution in [3.8, 4) is 11.5 Å². The van der Waals surface area contributed by atoms with Crippen molar-refractivity contribution in [2.24, 2.45) is 0 Å². The first-order valence-electron chi connectivity index (χ1n) is 11.4. The number of halogens is 3. The van der Waals surface area contributed by atoms with Gasteiger partial charge in [-0.3, -0.25) is 19.3 Å². The Balaban J connectivity index is 1.44. The Hall–Kier alpha value is -3.53. The molecular formula is C27H21Cl2FN2O5S. The first-order chi connectivity index (χ1) is 18.2. The van der Waals surface area contributed by atoms with Gasteiger partial charge in [-0.25, -0.2) is 4.39 Å². The molecule has 0 atom stereocenters. The van der Waals surface area contributed by atoms with Crippen molar-refractivity contribution in [2.75, 3.05) is 18.5 Å². The fourth-order valence-corrected chi connectivity index (χ4v) is 4.67. The second-order valence-electron chi connectivity index (χ2n) is 7.99. The maximum Gasteiger partial charge on any atom is 0.293 e. The normalized spacial score (nSPS) is 14.2. The number of imide groups is 1. The van der Waals surface area contributed by atoms with E-state index in [1.165, 1.54) is 12.1 Å². The Bertz CT molecular complexity index is 1420.